The molecule has 1 atom stereocenters. The Morgan fingerprint density at radius 3 is 2.60 bits per heavy atom. The first-order valence-electron chi connectivity index (χ1n) is 6.72. The number of nitrogens with two attached hydrogens (primary N) is 1. The molecule has 0 aliphatic heterocycles. The second kappa shape index (κ2) is 9.21. The van der Waals surface area contributed by atoms with Crippen molar-refractivity contribution in [2.24, 2.45) is 5.73 Å². The molecule has 0 spiro atoms. The lowest BCUT2D eigenvalue weighted by Crippen LogP contribution is -2.34. The molecule has 0 saturated heterocycles. The van der Waals surface area contributed by atoms with Crippen LogP contribution in [-0.2, 0) is 6.42 Å². The second-order valence-electron chi connectivity index (χ2n) is 4.92. The molecule has 3 nitrogen and oxygen atoms in total. The Kier molecular flexibility index (Phi) is 7.95. The first kappa shape index (κ1) is 17.3. The summed E-state index contributed by atoms with van der Waals surface area (Å²) < 4.78 is 5.75. The molecule has 1 aromatic rings. The number of thiocarbonyl (C=S) groups is 1. The fraction of sp³-hybridized carbons (Fsp3) is 0.533. The van der Waals surface area contributed by atoms with Crippen LogP contribution in [0.2, 0.25) is 0 Å². The van der Waals surface area contributed by atoms with Crippen molar-refractivity contribution in [3.63, 3.8) is 0 Å². The minimum absolute atomic E-state index is 0.517. The summed E-state index contributed by atoms with van der Waals surface area (Å²) in [5, 5.41) is 0. The molecule has 1 aromatic carbocycles. The van der Waals surface area contributed by atoms with Crippen LogP contribution in [0.4, 0.5) is 0 Å². The molecule has 5 heteroatoms. The molecule has 1 unspecified atom stereocenters. The lowest BCUT2D eigenvalue weighted by atomic mass is 10.1. The molecule has 0 fully saturated rings. The Labute approximate surface area is 131 Å². The summed E-state index contributed by atoms with van der Waals surface area (Å²) in [6.07, 6.45) is 2.78. The lowest BCUT2D eigenvalue weighted by molar-refractivity contribution is 0.210. The highest BCUT2D eigenvalue weighted by Crippen LogP contribution is 2.13. The van der Waals surface area contributed by atoms with Crippen molar-refractivity contribution in [3.8, 4) is 5.75 Å². The van der Waals surface area contributed by atoms with Crippen LogP contribution in [0.5, 0.6) is 5.75 Å². The summed E-state index contributed by atoms with van der Waals surface area (Å²) in [6.45, 7) is 3.86. The summed E-state index contributed by atoms with van der Waals surface area (Å²) in [5.41, 5.74) is 6.64. The number of ether oxygens (including phenoxy) is 1. The molecular formula is C15H24N2OS2. The molecule has 0 heterocycles. The van der Waals surface area contributed by atoms with E-state index in [1.54, 1.807) is 0 Å². The average molecular weight is 313 g/mol. The zero-order valence-corrected chi connectivity index (χ0v) is 14.1. The Bertz CT molecular complexity index is 409. The number of nitrogens with zero attached hydrogens (tertiary/aromatic N) is 1. The standard InChI is InChI=1S/C15H24N2OS2/c1-12(11-20-3)17(2)8-9-18-14-6-4-13(5-7-14)10-15(16)19/h4-7,12H,8-11H2,1-3H3,(H2,16,19). The molecule has 2 N–H and O–H groups in total. The van der Waals surface area contributed by atoms with Gasteiger partial charge in [-0.1, -0.05) is 24.4 Å². The number of likely N-dealkylation sites (N-methyl/N-ethyl adjacent to an activating group) is 1. The van der Waals surface area contributed by atoms with Crippen molar-refractivity contribution < 1.29 is 4.74 Å². The molecule has 0 aliphatic rings. The fourth-order valence-electron chi connectivity index (χ4n) is 1.80. The molecule has 0 bridgehead atoms. The third-order valence-electron chi connectivity index (χ3n) is 3.17. The minimum Gasteiger partial charge on any atom is -0.492 e. The van der Waals surface area contributed by atoms with E-state index in [4.69, 9.17) is 22.7 Å². The highest BCUT2D eigenvalue weighted by Gasteiger charge is 2.07. The van der Waals surface area contributed by atoms with Gasteiger partial charge in [-0.05, 0) is 37.9 Å². The van der Waals surface area contributed by atoms with Crippen molar-refractivity contribution in [2.45, 2.75) is 19.4 Å². The van der Waals surface area contributed by atoms with Crippen LogP contribution in [0.1, 0.15) is 12.5 Å². The summed E-state index contributed by atoms with van der Waals surface area (Å²) >= 11 is 6.77. The molecule has 20 heavy (non-hydrogen) atoms. The zero-order valence-electron chi connectivity index (χ0n) is 12.5. The van der Waals surface area contributed by atoms with E-state index < -0.39 is 0 Å². The van der Waals surface area contributed by atoms with Crippen LogP contribution in [-0.4, -0.2) is 48.1 Å². The van der Waals surface area contributed by atoms with E-state index in [0.717, 1.165) is 23.6 Å². The molecule has 0 aliphatic carbocycles. The van der Waals surface area contributed by atoms with Gasteiger partial charge in [0.05, 0.1) is 4.99 Å². The Morgan fingerprint density at radius 1 is 1.40 bits per heavy atom. The predicted octanol–water partition coefficient (Wildman–Crippen LogP) is 2.58. The first-order valence-corrected chi connectivity index (χ1v) is 8.52. The molecule has 1 rings (SSSR count). The van der Waals surface area contributed by atoms with Gasteiger partial charge in [-0.3, -0.25) is 4.90 Å². The van der Waals surface area contributed by atoms with Gasteiger partial charge >= 0.3 is 0 Å². The lowest BCUT2D eigenvalue weighted by Gasteiger charge is -2.23. The zero-order chi connectivity index (χ0) is 15.0. The molecule has 0 radical (unpaired) electrons. The van der Waals surface area contributed by atoms with Crippen LogP contribution in [0.3, 0.4) is 0 Å². The van der Waals surface area contributed by atoms with Crippen LogP contribution in [0.25, 0.3) is 0 Å². The van der Waals surface area contributed by atoms with Crippen molar-refractivity contribution in [3.05, 3.63) is 29.8 Å². The van der Waals surface area contributed by atoms with Gasteiger partial charge in [-0.15, -0.1) is 0 Å². The number of rotatable bonds is 9. The number of thioether (sulfide) groups is 1. The van der Waals surface area contributed by atoms with E-state index >= 15 is 0 Å². The molecule has 0 aromatic heterocycles. The molecule has 0 saturated carbocycles. The van der Waals surface area contributed by atoms with Gasteiger partial charge in [-0.2, -0.15) is 11.8 Å². The molecule has 0 amide bonds. The monoisotopic (exact) mass is 312 g/mol. The summed E-state index contributed by atoms with van der Waals surface area (Å²) in [4.78, 5) is 2.83. The van der Waals surface area contributed by atoms with E-state index in [0.29, 0.717) is 24.1 Å². The van der Waals surface area contributed by atoms with E-state index in [9.17, 15) is 0 Å². The van der Waals surface area contributed by atoms with E-state index in [2.05, 4.69) is 25.1 Å². The van der Waals surface area contributed by atoms with E-state index in [-0.39, 0.29) is 0 Å². The predicted molar refractivity (Wildman–Crippen MR) is 92.9 cm³/mol. The Balaban J connectivity index is 2.33. The van der Waals surface area contributed by atoms with Gasteiger partial charge in [0, 0.05) is 24.8 Å². The summed E-state index contributed by atoms with van der Waals surface area (Å²) in [5.74, 6) is 2.03. The molecular weight excluding hydrogens is 288 g/mol. The van der Waals surface area contributed by atoms with Crippen molar-refractivity contribution >= 4 is 29.0 Å². The average Bonchev–Trinajstić information content (AvgIpc) is 2.40. The number of benzene rings is 1. The van der Waals surface area contributed by atoms with Crippen LogP contribution in [0, 0.1) is 0 Å². The van der Waals surface area contributed by atoms with Gasteiger partial charge in [0.2, 0.25) is 0 Å². The Morgan fingerprint density at radius 2 is 2.05 bits per heavy atom. The van der Waals surface area contributed by atoms with Crippen LogP contribution in [0.15, 0.2) is 24.3 Å². The van der Waals surface area contributed by atoms with Crippen molar-refractivity contribution in [1.29, 1.82) is 0 Å². The van der Waals surface area contributed by atoms with Gasteiger partial charge in [0.1, 0.15) is 12.4 Å². The maximum absolute atomic E-state index is 5.75. The number of hydrogen-bond donors (Lipinski definition) is 1. The summed E-state index contributed by atoms with van der Waals surface area (Å²) in [7, 11) is 2.13. The third kappa shape index (κ3) is 6.59. The van der Waals surface area contributed by atoms with Crippen molar-refractivity contribution in [2.75, 3.05) is 32.2 Å². The largest absolute Gasteiger partial charge is 0.492 e. The second-order valence-corrected chi connectivity index (χ2v) is 6.36. The van der Waals surface area contributed by atoms with Crippen molar-refractivity contribution in [1.82, 2.24) is 4.90 Å². The molecule has 112 valence electrons. The number of hydrogen-bond acceptors (Lipinski definition) is 4. The maximum Gasteiger partial charge on any atom is 0.119 e. The SMILES string of the molecule is CSCC(C)N(C)CCOc1ccc(CC(N)=S)cc1. The Hall–Kier alpha value is -0.780. The van der Waals surface area contributed by atoms with E-state index in [1.165, 1.54) is 0 Å². The van der Waals surface area contributed by atoms with Gasteiger partial charge in [0.25, 0.3) is 0 Å². The fourth-order valence-corrected chi connectivity index (χ4v) is 2.70. The highest BCUT2D eigenvalue weighted by atomic mass is 32.2. The van der Waals surface area contributed by atoms with Crippen LogP contribution >= 0.6 is 24.0 Å². The minimum atomic E-state index is 0.517. The summed E-state index contributed by atoms with van der Waals surface area (Å²) in [6, 6.07) is 8.53. The van der Waals surface area contributed by atoms with Gasteiger partial charge < -0.3 is 10.5 Å². The quantitative estimate of drug-likeness (QED) is 0.710. The van der Waals surface area contributed by atoms with Gasteiger partial charge in [0.15, 0.2) is 0 Å². The normalized spacial score (nSPS) is 12.4. The van der Waals surface area contributed by atoms with Crippen LogP contribution < -0.4 is 10.5 Å². The van der Waals surface area contributed by atoms with E-state index in [1.807, 2.05) is 36.0 Å². The maximum atomic E-state index is 5.75. The van der Waals surface area contributed by atoms with Gasteiger partial charge in [-0.25, -0.2) is 0 Å². The third-order valence-corrected chi connectivity index (χ3v) is 4.13. The first-order chi connectivity index (χ1) is 9.52. The highest BCUT2D eigenvalue weighted by molar-refractivity contribution is 7.98. The smallest absolute Gasteiger partial charge is 0.119 e. The topological polar surface area (TPSA) is 38.5 Å².